The molecule has 2 rings (SSSR count). The van der Waals surface area contributed by atoms with Gasteiger partial charge in [0.2, 0.25) is 0 Å². The van der Waals surface area contributed by atoms with Crippen molar-refractivity contribution in [2.75, 3.05) is 11.9 Å². The molecule has 2 atom stereocenters. The standard InChI is InChI=1S/C16H25N/c1-4-6-13-9-15-10-14(12(3)5-2)7-8-16(15)17-11-13/h7-8,10,12-13,17H,4-6,9,11H2,1-3H3. The molecule has 2 unspecified atom stereocenters. The highest BCUT2D eigenvalue weighted by molar-refractivity contribution is 5.55. The molecule has 0 radical (unpaired) electrons. The number of hydrogen-bond acceptors (Lipinski definition) is 1. The lowest BCUT2D eigenvalue weighted by Crippen LogP contribution is -2.23. The van der Waals surface area contributed by atoms with Crippen molar-refractivity contribution in [2.45, 2.75) is 52.4 Å². The van der Waals surface area contributed by atoms with Gasteiger partial charge in [-0.2, -0.15) is 0 Å². The van der Waals surface area contributed by atoms with Crippen molar-refractivity contribution in [3.8, 4) is 0 Å². The van der Waals surface area contributed by atoms with Crippen LogP contribution in [-0.4, -0.2) is 6.54 Å². The fourth-order valence-corrected chi connectivity index (χ4v) is 2.75. The van der Waals surface area contributed by atoms with Crippen LogP contribution < -0.4 is 5.32 Å². The third kappa shape index (κ3) is 2.83. The number of benzene rings is 1. The quantitative estimate of drug-likeness (QED) is 0.799. The Balaban J connectivity index is 2.17. The van der Waals surface area contributed by atoms with Crippen molar-refractivity contribution in [3.63, 3.8) is 0 Å². The molecule has 0 bridgehead atoms. The van der Waals surface area contributed by atoms with Crippen LogP contribution in [0.1, 0.15) is 57.1 Å². The molecule has 1 aromatic rings. The smallest absolute Gasteiger partial charge is 0.0373 e. The first-order valence-corrected chi connectivity index (χ1v) is 7.11. The van der Waals surface area contributed by atoms with Crippen LogP contribution in [0.5, 0.6) is 0 Å². The second-order valence-electron chi connectivity index (χ2n) is 5.47. The van der Waals surface area contributed by atoms with Gasteiger partial charge in [-0.25, -0.2) is 0 Å². The van der Waals surface area contributed by atoms with E-state index < -0.39 is 0 Å². The maximum atomic E-state index is 3.58. The first-order chi connectivity index (χ1) is 8.24. The minimum Gasteiger partial charge on any atom is -0.385 e. The van der Waals surface area contributed by atoms with Crippen LogP contribution in [-0.2, 0) is 6.42 Å². The molecule has 1 heteroatoms. The van der Waals surface area contributed by atoms with Gasteiger partial charge in [-0.15, -0.1) is 0 Å². The van der Waals surface area contributed by atoms with Crippen molar-refractivity contribution in [3.05, 3.63) is 29.3 Å². The normalized spacial score (nSPS) is 20.5. The zero-order valence-electron chi connectivity index (χ0n) is 11.4. The van der Waals surface area contributed by atoms with E-state index in [0.717, 1.165) is 12.5 Å². The van der Waals surface area contributed by atoms with Crippen molar-refractivity contribution in [2.24, 2.45) is 5.92 Å². The Morgan fingerprint density at radius 2 is 2.18 bits per heavy atom. The predicted octanol–water partition coefficient (Wildman–Crippen LogP) is 4.58. The minimum absolute atomic E-state index is 0.687. The van der Waals surface area contributed by atoms with Crippen LogP contribution in [0.3, 0.4) is 0 Å². The summed E-state index contributed by atoms with van der Waals surface area (Å²) in [5.74, 6) is 1.52. The van der Waals surface area contributed by atoms with Gasteiger partial charge in [0.05, 0.1) is 0 Å². The monoisotopic (exact) mass is 231 g/mol. The Morgan fingerprint density at radius 1 is 1.35 bits per heavy atom. The summed E-state index contributed by atoms with van der Waals surface area (Å²) in [4.78, 5) is 0. The second-order valence-corrected chi connectivity index (χ2v) is 5.47. The first kappa shape index (κ1) is 12.5. The Morgan fingerprint density at radius 3 is 2.88 bits per heavy atom. The van der Waals surface area contributed by atoms with Gasteiger partial charge in [0.25, 0.3) is 0 Å². The van der Waals surface area contributed by atoms with Gasteiger partial charge < -0.3 is 5.32 Å². The van der Waals surface area contributed by atoms with E-state index in [1.165, 1.54) is 42.5 Å². The molecule has 1 aromatic carbocycles. The Bertz CT molecular complexity index is 370. The van der Waals surface area contributed by atoms with Gasteiger partial charge in [-0.3, -0.25) is 0 Å². The Hall–Kier alpha value is -0.980. The molecule has 0 saturated heterocycles. The SMILES string of the molecule is CCCC1CNc2ccc(C(C)CC)cc2C1. The van der Waals surface area contributed by atoms with Gasteiger partial charge >= 0.3 is 0 Å². The van der Waals surface area contributed by atoms with E-state index in [-0.39, 0.29) is 0 Å². The molecule has 0 aliphatic carbocycles. The zero-order valence-corrected chi connectivity index (χ0v) is 11.4. The van der Waals surface area contributed by atoms with Crippen LogP contribution in [0.15, 0.2) is 18.2 Å². The number of rotatable bonds is 4. The minimum atomic E-state index is 0.687. The van der Waals surface area contributed by atoms with Gasteiger partial charge in [0.1, 0.15) is 0 Å². The molecule has 0 saturated carbocycles. The number of fused-ring (bicyclic) bond motifs is 1. The summed E-state index contributed by atoms with van der Waals surface area (Å²) in [7, 11) is 0. The topological polar surface area (TPSA) is 12.0 Å². The third-order valence-corrected chi connectivity index (χ3v) is 4.10. The van der Waals surface area contributed by atoms with E-state index in [1.807, 2.05) is 0 Å². The fourth-order valence-electron chi connectivity index (χ4n) is 2.75. The molecule has 0 aromatic heterocycles. The Kier molecular flexibility index (Phi) is 4.09. The van der Waals surface area contributed by atoms with Crippen molar-refractivity contribution >= 4 is 5.69 Å². The molecule has 1 aliphatic heterocycles. The largest absolute Gasteiger partial charge is 0.385 e. The molecule has 1 N–H and O–H groups in total. The molecular weight excluding hydrogens is 206 g/mol. The molecule has 0 amide bonds. The van der Waals surface area contributed by atoms with Crippen molar-refractivity contribution in [1.29, 1.82) is 0 Å². The van der Waals surface area contributed by atoms with Crippen LogP contribution in [0.2, 0.25) is 0 Å². The van der Waals surface area contributed by atoms with E-state index in [4.69, 9.17) is 0 Å². The third-order valence-electron chi connectivity index (χ3n) is 4.10. The van der Waals surface area contributed by atoms with Crippen LogP contribution in [0, 0.1) is 5.92 Å². The summed E-state index contributed by atoms with van der Waals surface area (Å²) in [6.45, 7) is 8.03. The lowest BCUT2D eigenvalue weighted by atomic mass is 9.87. The molecule has 0 spiro atoms. The zero-order chi connectivity index (χ0) is 12.3. The number of hydrogen-bond donors (Lipinski definition) is 1. The summed E-state index contributed by atoms with van der Waals surface area (Å²) in [5, 5.41) is 3.58. The van der Waals surface area contributed by atoms with E-state index in [9.17, 15) is 0 Å². The van der Waals surface area contributed by atoms with E-state index >= 15 is 0 Å². The van der Waals surface area contributed by atoms with Crippen LogP contribution in [0.4, 0.5) is 5.69 Å². The fraction of sp³-hybridized carbons (Fsp3) is 0.625. The average Bonchev–Trinajstić information content (AvgIpc) is 2.37. The molecule has 1 heterocycles. The average molecular weight is 231 g/mol. The number of nitrogens with one attached hydrogen (secondary N) is 1. The van der Waals surface area contributed by atoms with Gasteiger partial charge in [-0.05, 0) is 48.3 Å². The van der Waals surface area contributed by atoms with Gasteiger partial charge in [-0.1, -0.05) is 39.3 Å². The highest BCUT2D eigenvalue weighted by Gasteiger charge is 2.18. The van der Waals surface area contributed by atoms with Crippen molar-refractivity contribution in [1.82, 2.24) is 0 Å². The predicted molar refractivity (Wildman–Crippen MR) is 75.7 cm³/mol. The summed E-state index contributed by atoms with van der Waals surface area (Å²) in [6.07, 6.45) is 5.14. The molecule has 0 fully saturated rings. The molecule has 1 aliphatic rings. The van der Waals surface area contributed by atoms with E-state index in [2.05, 4.69) is 44.3 Å². The maximum Gasteiger partial charge on any atom is 0.0373 e. The summed E-state index contributed by atoms with van der Waals surface area (Å²) < 4.78 is 0. The van der Waals surface area contributed by atoms with Crippen molar-refractivity contribution < 1.29 is 0 Å². The Labute approximate surface area is 106 Å². The van der Waals surface area contributed by atoms with E-state index in [0.29, 0.717) is 5.92 Å². The maximum absolute atomic E-state index is 3.58. The summed E-state index contributed by atoms with van der Waals surface area (Å²) in [5.41, 5.74) is 4.40. The number of anilines is 1. The van der Waals surface area contributed by atoms with Crippen LogP contribution in [0.25, 0.3) is 0 Å². The highest BCUT2D eigenvalue weighted by Crippen LogP contribution is 2.30. The highest BCUT2D eigenvalue weighted by atomic mass is 14.9. The van der Waals surface area contributed by atoms with Gasteiger partial charge in [0.15, 0.2) is 0 Å². The summed E-state index contributed by atoms with van der Waals surface area (Å²) >= 11 is 0. The lowest BCUT2D eigenvalue weighted by molar-refractivity contribution is 0.489. The second kappa shape index (κ2) is 5.57. The molecule has 94 valence electrons. The summed E-state index contributed by atoms with van der Waals surface area (Å²) in [6, 6.07) is 7.00. The first-order valence-electron chi connectivity index (χ1n) is 7.11. The van der Waals surface area contributed by atoms with Gasteiger partial charge in [0, 0.05) is 12.2 Å². The molecule has 1 nitrogen and oxygen atoms in total. The van der Waals surface area contributed by atoms with Crippen LogP contribution >= 0.6 is 0 Å². The lowest BCUT2D eigenvalue weighted by Gasteiger charge is -2.27. The molecule has 17 heavy (non-hydrogen) atoms. The van der Waals surface area contributed by atoms with E-state index in [1.54, 1.807) is 0 Å². The molecular formula is C16H25N.